The molecule has 0 rings (SSSR count). The second-order valence-corrected chi connectivity index (χ2v) is 14.0. The van der Waals surface area contributed by atoms with E-state index in [0.29, 0.717) is 0 Å². The Morgan fingerprint density at radius 1 is 1.80 bits per heavy atom. The maximum atomic E-state index is 5.53. The number of hydrogen-bond acceptors (Lipinski definition) is 0. The average Bonchev–Trinajstić information content (AvgIpc) is 1.38. The third kappa shape index (κ3) is 5.01. The van der Waals surface area contributed by atoms with Crippen LogP contribution in [0.15, 0.2) is 0 Å². The standard InChI is InChI=1S/CH6Cl2Si2/c1-5(3)4-2/h5H,4H2,1H3. The zero-order valence-electron chi connectivity index (χ0n) is 3.04. The number of halogens is 2. The van der Waals surface area contributed by atoms with Gasteiger partial charge in [-0.2, -0.15) is 22.2 Å². The highest BCUT2D eigenvalue weighted by molar-refractivity contribution is 7.48. The minimum Gasteiger partial charge on any atom is -0.178 e. The van der Waals surface area contributed by atoms with Crippen molar-refractivity contribution in [3.63, 3.8) is 0 Å². The Morgan fingerprint density at radius 2 is 2.00 bits per heavy atom. The van der Waals surface area contributed by atoms with Gasteiger partial charge in [-0.15, -0.1) is 0 Å². The summed E-state index contributed by atoms with van der Waals surface area (Å²) in [4.78, 5) is 0. The van der Waals surface area contributed by atoms with E-state index in [9.17, 15) is 0 Å². The van der Waals surface area contributed by atoms with E-state index in [1.807, 2.05) is 0 Å². The highest BCUT2D eigenvalue weighted by Gasteiger charge is 1.91. The Bertz CT molecular complexity index is 21.6. The van der Waals surface area contributed by atoms with Crippen LogP contribution in [0.5, 0.6) is 0 Å². The molecule has 0 amide bonds. The summed E-state index contributed by atoms with van der Waals surface area (Å²) in [6.07, 6.45) is 0. The lowest BCUT2D eigenvalue weighted by Crippen LogP contribution is -2.00. The van der Waals surface area contributed by atoms with Gasteiger partial charge < -0.3 is 0 Å². The molecule has 0 saturated carbocycles. The molecule has 0 saturated heterocycles. The van der Waals surface area contributed by atoms with Crippen molar-refractivity contribution in [1.29, 1.82) is 0 Å². The summed E-state index contributed by atoms with van der Waals surface area (Å²) < 4.78 is 0. The fraction of sp³-hybridized carbons (Fsp3) is 1.00. The fourth-order valence-electron chi connectivity index (χ4n) is 0. The van der Waals surface area contributed by atoms with Crippen molar-refractivity contribution < 1.29 is 0 Å². The summed E-state index contributed by atoms with van der Waals surface area (Å²) >= 11 is 10.9. The van der Waals surface area contributed by atoms with Gasteiger partial charge in [-0.25, -0.2) is 0 Å². The van der Waals surface area contributed by atoms with Crippen LogP contribution in [0.3, 0.4) is 0 Å². The van der Waals surface area contributed by atoms with Gasteiger partial charge in [-0.3, -0.25) is 0 Å². The molecule has 0 fully saturated rings. The topological polar surface area (TPSA) is 0 Å². The third-order valence-electron chi connectivity index (χ3n) is 0.213. The zero-order valence-corrected chi connectivity index (χ0v) is 7.12. The summed E-state index contributed by atoms with van der Waals surface area (Å²) in [6.45, 7) is 2.06. The van der Waals surface area contributed by atoms with E-state index in [0.717, 1.165) is 0 Å². The average molecular weight is 145 g/mol. The molecular formula is CH6Cl2Si2. The van der Waals surface area contributed by atoms with Gasteiger partial charge in [0.1, 0.15) is 16.0 Å². The van der Waals surface area contributed by atoms with E-state index in [1.54, 1.807) is 0 Å². The van der Waals surface area contributed by atoms with E-state index in [-0.39, 0.29) is 8.35 Å². The first-order valence-electron chi connectivity index (χ1n) is 1.47. The Balaban J connectivity index is 2.54. The molecule has 0 nitrogen and oxygen atoms in total. The Hall–Kier alpha value is 1.01. The monoisotopic (exact) mass is 144 g/mol. The third-order valence-corrected chi connectivity index (χ3v) is 8.89. The van der Waals surface area contributed by atoms with Gasteiger partial charge in [0.25, 0.3) is 0 Å². The molecule has 0 N–H and O–H groups in total. The zero-order chi connectivity index (χ0) is 4.28. The maximum absolute atomic E-state index is 5.53. The lowest BCUT2D eigenvalue weighted by molar-refractivity contribution is 2.34. The van der Waals surface area contributed by atoms with Crippen molar-refractivity contribution in [3.05, 3.63) is 0 Å². The number of hydrogen-bond donors (Lipinski definition) is 0. The minimum atomic E-state index is -0.773. The SMILES string of the molecule is C[SiH](Cl)[SiH2]Cl. The number of rotatable bonds is 1. The van der Waals surface area contributed by atoms with Gasteiger partial charge in [0.15, 0.2) is 0 Å². The largest absolute Gasteiger partial charge is 0.178 e. The molecule has 0 aromatic carbocycles. The Labute approximate surface area is 45.1 Å². The summed E-state index contributed by atoms with van der Waals surface area (Å²) in [7, 11) is -1.05. The maximum Gasteiger partial charge on any atom is 0.140 e. The van der Waals surface area contributed by atoms with Crippen LogP contribution in [0.1, 0.15) is 0 Å². The first-order valence-corrected chi connectivity index (χ1v) is 9.78. The molecule has 0 heterocycles. The molecule has 0 spiro atoms. The molecule has 0 radical (unpaired) electrons. The Morgan fingerprint density at radius 3 is 2.00 bits per heavy atom. The molecule has 0 aromatic rings. The van der Waals surface area contributed by atoms with Gasteiger partial charge in [0, 0.05) is 0 Å². The van der Waals surface area contributed by atoms with Crippen LogP contribution in [0.4, 0.5) is 0 Å². The normalized spacial score (nSPS) is 17.4. The van der Waals surface area contributed by atoms with Crippen LogP contribution < -0.4 is 0 Å². The van der Waals surface area contributed by atoms with Crippen molar-refractivity contribution in [2.45, 2.75) is 6.55 Å². The molecule has 0 aliphatic rings. The predicted molar refractivity (Wildman–Crippen MR) is 33.3 cm³/mol. The summed E-state index contributed by atoms with van der Waals surface area (Å²) in [5, 5.41) is 0. The molecule has 4 heteroatoms. The molecule has 0 aliphatic heterocycles. The van der Waals surface area contributed by atoms with Gasteiger partial charge in [0.05, 0.1) is 0 Å². The highest BCUT2D eigenvalue weighted by Crippen LogP contribution is 1.84. The van der Waals surface area contributed by atoms with E-state index in [4.69, 9.17) is 22.2 Å². The van der Waals surface area contributed by atoms with Crippen LogP contribution in [0, 0.1) is 0 Å². The van der Waals surface area contributed by atoms with E-state index >= 15 is 0 Å². The first kappa shape index (κ1) is 6.01. The van der Waals surface area contributed by atoms with E-state index in [1.165, 1.54) is 0 Å². The van der Waals surface area contributed by atoms with Crippen LogP contribution in [-0.4, -0.2) is 16.0 Å². The van der Waals surface area contributed by atoms with E-state index < -0.39 is 7.62 Å². The molecule has 0 aromatic heterocycles. The predicted octanol–water partition coefficient (Wildman–Crippen LogP) is 0.398. The molecular weight excluding hydrogens is 139 g/mol. The fourth-order valence-corrected chi connectivity index (χ4v) is 0. The Kier molecular flexibility index (Phi) is 3.86. The van der Waals surface area contributed by atoms with Gasteiger partial charge in [-0.1, -0.05) is 6.55 Å². The lowest BCUT2D eigenvalue weighted by Gasteiger charge is -1.80. The summed E-state index contributed by atoms with van der Waals surface area (Å²) in [5.74, 6) is 0. The van der Waals surface area contributed by atoms with Crippen molar-refractivity contribution in [2.24, 2.45) is 0 Å². The van der Waals surface area contributed by atoms with Crippen molar-refractivity contribution in [1.82, 2.24) is 0 Å². The molecule has 1 unspecified atom stereocenters. The summed E-state index contributed by atoms with van der Waals surface area (Å²) in [6, 6.07) is 0. The first-order chi connectivity index (χ1) is 2.27. The quantitative estimate of drug-likeness (QED) is 0.370. The molecule has 32 valence electrons. The molecule has 0 bridgehead atoms. The van der Waals surface area contributed by atoms with Crippen LogP contribution >= 0.6 is 22.2 Å². The van der Waals surface area contributed by atoms with Crippen LogP contribution in [0.25, 0.3) is 0 Å². The van der Waals surface area contributed by atoms with Crippen LogP contribution in [0.2, 0.25) is 6.55 Å². The van der Waals surface area contributed by atoms with Gasteiger partial charge >= 0.3 is 0 Å². The van der Waals surface area contributed by atoms with Crippen LogP contribution in [-0.2, 0) is 0 Å². The van der Waals surface area contributed by atoms with Crippen molar-refractivity contribution in [3.8, 4) is 0 Å². The second kappa shape index (κ2) is 3.21. The molecule has 5 heavy (non-hydrogen) atoms. The highest BCUT2D eigenvalue weighted by atomic mass is 35.6. The minimum absolute atomic E-state index is 0.275. The van der Waals surface area contributed by atoms with Crippen molar-refractivity contribution in [2.75, 3.05) is 0 Å². The molecule has 0 aliphatic carbocycles. The summed E-state index contributed by atoms with van der Waals surface area (Å²) in [5.41, 5.74) is 0. The van der Waals surface area contributed by atoms with E-state index in [2.05, 4.69) is 6.55 Å². The second-order valence-electron chi connectivity index (χ2n) is 0.935. The van der Waals surface area contributed by atoms with Gasteiger partial charge in [-0.05, 0) is 0 Å². The lowest BCUT2D eigenvalue weighted by atomic mass is 11.9. The van der Waals surface area contributed by atoms with Crippen molar-refractivity contribution >= 4 is 38.1 Å². The smallest absolute Gasteiger partial charge is 0.140 e. The molecule has 1 atom stereocenters. The van der Waals surface area contributed by atoms with Gasteiger partial charge in [0.2, 0.25) is 0 Å².